The number of hydrogen-bond acceptors (Lipinski definition) is 6. The van der Waals surface area contributed by atoms with E-state index < -0.39 is 23.5 Å². The smallest absolute Gasteiger partial charge is 0.295 e. The molecule has 1 aliphatic rings. The van der Waals surface area contributed by atoms with Crippen molar-refractivity contribution in [3.05, 3.63) is 58.1 Å². The maximum absolute atomic E-state index is 12.9. The van der Waals surface area contributed by atoms with Gasteiger partial charge in [-0.1, -0.05) is 30.7 Å². The Morgan fingerprint density at radius 1 is 1.10 bits per heavy atom. The molecule has 1 amide bonds. The molecule has 0 aliphatic carbocycles. The molecule has 0 aromatic heterocycles. The number of aliphatic hydroxyl groups excluding tert-OH is 1. The fourth-order valence-electron chi connectivity index (χ4n) is 3.54. The number of benzene rings is 2. The topological polar surface area (TPSA) is 96.3 Å². The summed E-state index contributed by atoms with van der Waals surface area (Å²) in [6.45, 7) is 2.22. The summed E-state index contributed by atoms with van der Waals surface area (Å²) in [6, 6.07) is 8.26. The van der Waals surface area contributed by atoms with Crippen LogP contribution < -0.4 is 9.47 Å². The Morgan fingerprint density at radius 2 is 1.73 bits per heavy atom. The Hall–Kier alpha value is -3.19. The summed E-state index contributed by atoms with van der Waals surface area (Å²) >= 11 is 6.22. The summed E-state index contributed by atoms with van der Waals surface area (Å²) < 4.78 is 10.5. The molecule has 30 heavy (non-hydrogen) atoms. The summed E-state index contributed by atoms with van der Waals surface area (Å²) in [7, 11) is 2.86. The highest BCUT2D eigenvalue weighted by molar-refractivity contribution is 6.46. The van der Waals surface area contributed by atoms with Gasteiger partial charge in [0.1, 0.15) is 23.0 Å². The van der Waals surface area contributed by atoms with E-state index in [4.69, 9.17) is 21.1 Å². The molecule has 3 rings (SSSR count). The number of phenols is 1. The van der Waals surface area contributed by atoms with Gasteiger partial charge in [0.15, 0.2) is 0 Å². The van der Waals surface area contributed by atoms with Crippen molar-refractivity contribution in [2.75, 3.05) is 20.8 Å². The third-order valence-corrected chi connectivity index (χ3v) is 5.24. The lowest BCUT2D eigenvalue weighted by molar-refractivity contribution is -0.139. The zero-order valence-corrected chi connectivity index (χ0v) is 17.6. The van der Waals surface area contributed by atoms with Gasteiger partial charge < -0.3 is 24.6 Å². The van der Waals surface area contributed by atoms with Crippen LogP contribution in [-0.2, 0) is 9.59 Å². The van der Waals surface area contributed by atoms with Crippen molar-refractivity contribution >= 4 is 29.1 Å². The third kappa shape index (κ3) is 3.68. The van der Waals surface area contributed by atoms with Crippen LogP contribution in [0.2, 0.25) is 5.02 Å². The number of carbonyl (C=O) groups is 2. The standard InChI is InChI=1S/C22H22ClNO6/c1-4-9-24-19(12-5-7-13(25)8-6-12)18(21(27)22(24)28)20(26)14-10-15(23)17(30-3)11-16(14)29-2/h5-8,10-11,19,25-26H,4,9H2,1-3H3/b20-18+. The molecular formula is C22H22ClNO6. The molecule has 7 nitrogen and oxygen atoms in total. The van der Waals surface area contributed by atoms with Crippen LogP contribution in [0.3, 0.4) is 0 Å². The summed E-state index contributed by atoms with van der Waals surface area (Å²) in [4.78, 5) is 27.0. The molecule has 1 aliphatic heterocycles. The molecule has 1 heterocycles. The molecule has 0 spiro atoms. The number of aliphatic hydroxyl groups is 1. The predicted molar refractivity (Wildman–Crippen MR) is 112 cm³/mol. The number of phenolic OH excluding ortho intramolecular Hbond substituents is 1. The summed E-state index contributed by atoms with van der Waals surface area (Å²) in [5, 5.41) is 21.0. The molecule has 2 aromatic rings. The number of hydrogen-bond donors (Lipinski definition) is 2. The van der Waals surface area contributed by atoms with Gasteiger partial charge in [-0.15, -0.1) is 0 Å². The number of carbonyl (C=O) groups excluding carboxylic acids is 2. The molecule has 8 heteroatoms. The predicted octanol–water partition coefficient (Wildman–Crippen LogP) is 3.89. The number of ether oxygens (including phenoxy) is 2. The second kappa shape index (κ2) is 8.67. The molecule has 0 radical (unpaired) electrons. The lowest BCUT2D eigenvalue weighted by Crippen LogP contribution is -2.30. The average Bonchev–Trinajstić information content (AvgIpc) is 2.99. The van der Waals surface area contributed by atoms with E-state index in [1.165, 1.54) is 43.4 Å². The highest BCUT2D eigenvalue weighted by atomic mass is 35.5. The molecule has 1 atom stereocenters. The van der Waals surface area contributed by atoms with E-state index in [0.717, 1.165) is 0 Å². The average molecular weight is 432 g/mol. The Morgan fingerprint density at radius 3 is 2.30 bits per heavy atom. The number of ketones is 1. The Labute approximate surface area is 179 Å². The van der Waals surface area contributed by atoms with Gasteiger partial charge in [0.05, 0.1) is 36.4 Å². The molecule has 0 saturated carbocycles. The van der Waals surface area contributed by atoms with Crippen LogP contribution in [0.4, 0.5) is 0 Å². The van der Waals surface area contributed by atoms with Crippen LogP contribution in [0, 0.1) is 0 Å². The number of aromatic hydroxyl groups is 1. The van der Waals surface area contributed by atoms with E-state index in [1.54, 1.807) is 12.1 Å². The molecular weight excluding hydrogens is 410 g/mol. The van der Waals surface area contributed by atoms with Crippen LogP contribution in [-0.4, -0.2) is 47.6 Å². The van der Waals surface area contributed by atoms with E-state index >= 15 is 0 Å². The number of rotatable bonds is 6. The minimum Gasteiger partial charge on any atom is -0.508 e. The van der Waals surface area contributed by atoms with Gasteiger partial charge in [0, 0.05) is 12.6 Å². The van der Waals surface area contributed by atoms with E-state index in [-0.39, 0.29) is 27.7 Å². The van der Waals surface area contributed by atoms with E-state index in [1.807, 2.05) is 6.92 Å². The zero-order chi connectivity index (χ0) is 22.0. The fraction of sp³-hybridized carbons (Fsp3) is 0.273. The van der Waals surface area contributed by atoms with Crippen molar-refractivity contribution in [3.63, 3.8) is 0 Å². The molecule has 1 fully saturated rings. The van der Waals surface area contributed by atoms with Crippen molar-refractivity contribution in [1.29, 1.82) is 0 Å². The number of Topliss-reactive ketones (excluding diaryl/α,β-unsaturated/α-hetero) is 1. The van der Waals surface area contributed by atoms with Crippen LogP contribution in [0.25, 0.3) is 5.76 Å². The number of likely N-dealkylation sites (tertiary alicyclic amines) is 1. The lowest BCUT2D eigenvalue weighted by Gasteiger charge is -2.25. The maximum atomic E-state index is 12.9. The second-order valence-corrected chi connectivity index (χ2v) is 7.18. The first-order valence-electron chi connectivity index (χ1n) is 9.33. The number of halogens is 1. The molecule has 0 bridgehead atoms. The van der Waals surface area contributed by atoms with Crippen LogP contribution in [0.15, 0.2) is 42.0 Å². The van der Waals surface area contributed by atoms with Gasteiger partial charge in [0.25, 0.3) is 11.7 Å². The number of nitrogens with zero attached hydrogens (tertiary/aromatic N) is 1. The maximum Gasteiger partial charge on any atom is 0.295 e. The number of methoxy groups -OCH3 is 2. The summed E-state index contributed by atoms with van der Waals surface area (Å²) in [6.07, 6.45) is 0.624. The van der Waals surface area contributed by atoms with Gasteiger partial charge in [-0.05, 0) is 30.2 Å². The fourth-order valence-corrected chi connectivity index (χ4v) is 3.79. The highest BCUT2D eigenvalue weighted by Crippen LogP contribution is 2.43. The Kier molecular flexibility index (Phi) is 6.22. The third-order valence-electron chi connectivity index (χ3n) is 4.94. The lowest BCUT2D eigenvalue weighted by atomic mass is 9.95. The monoisotopic (exact) mass is 431 g/mol. The zero-order valence-electron chi connectivity index (χ0n) is 16.8. The van der Waals surface area contributed by atoms with E-state index in [0.29, 0.717) is 24.3 Å². The summed E-state index contributed by atoms with van der Waals surface area (Å²) in [5.74, 6) is -1.27. The van der Waals surface area contributed by atoms with Gasteiger partial charge >= 0.3 is 0 Å². The minimum atomic E-state index is -0.809. The van der Waals surface area contributed by atoms with Crippen molar-refractivity contribution in [1.82, 2.24) is 4.90 Å². The quantitative estimate of drug-likeness (QED) is 0.409. The van der Waals surface area contributed by atoms with Crippen molar-refractivity contribution in [2.24, 2.45) is 0 Å². The van der Waals surface area contributed by atoms with Crippen LogP contribution in [0.5, 0.6) is 17.2 Å². The van der Waals surface area contributed by atoms with Crippen molar-refractivity contribution < 1.29 is 29.3 Å². The largest absolute Gasteiger partial charge is 0.508 e. The van der Waals surface area contributed by atoms with Gasteiger partial charge in [-0.2, -0.15) is 0 Å². The van der Waals surface area contributed by atoms with E-state index in [2.05, 4.69) is 0 Å². The molecule has 2 N–H and O–H groups in total. The Bertz CT molecular complexity index is 1020. The second-order valence-electron chi connectivity index (χ2n) is 6.77. The molecule has 1 saturated heterocycles. The van der Waals surface area contributed by atoms with Gasteiger partial charge in [0.2, 0.25) is 0 Å². The summed E-state index contributed by atoms with van der Waals surface area (Å²) in [5.41, 5.74) is 0.681. The van der Waals surface area contributed by atoms with Gasteiger partial charge in [-0.3, -0.25) is 9.59 Å². The molecule has 2 aromatic carbocycles. The number of amides is 1. The van der Waals surface area contributed by atoms with Crippen molar-refractivity contribution in [2.45, 2.75) is 19.4 Å². The van der Waals surface area contributed by atoms with E-state index in [9.17, 15) is 19.8 Å². The Balaban J connectivity index is 2.25. The van der Waals surface area contributed by atoms with Crippen LogP contribution in [0.1, 0.15) is 30.5 Å². The van der Waals surface area contributed by atoms with Crippen LogP contribution >= 0.6 is 11.6 Å². The first-order chi connectivity index (χ1) is 14.3. The SMILES string of the molecule is CCCN1C(=O)C(=O)/C(=C(/O)c2cc(Cl)c(OC)cc2OC)C1c1ccc(O)cc1. The van der Waals surface area contributed by atoms with Gasteiger partial charge in [-0.25, -0.2) is 0 Å². The normalized spacial score (nSPS) is 18.0. The molecule has 1 unspecified atom stereocenters. The van der Waals surface area contributed by atoms with Crippen molar-refractivity contribution in [3.8, 4) is 17.2 Å². The first kappa shape index (κ1) is 21.5. The molecule has 158 valence electrons. The minimum absolute atomic E-state index is 0.0507. The highest BCUT2D eigenvalue weighted by Gasteiger charge is 2.46. The first-order valence-corrected chi connectivity index (χ1v) is 9.71.